The van der Waals surface area contributed by atoms with Crippen molar-refractivity contribution in [2.75, 3.05) is 19.8 Å². The van der Waals surface area contributed by atoms with Gasteiger partial charge in [-0.15, -0.1) is 0 Å². The summed E-state index contributed by atoms with van der Waals surface area (Å²) in [6.07, 6.45) is 1.87. The Bertz CT molecular complexity index is 816. The summed E-state index contributed by atoms with van der Waals surface area (Å²) in [7, 11) is -2.29. The van der Waals surface area contributed by atoms with E-state index in [2.05, 4.69) is 41.5 Å². The lowest BCUT2D eigenvalue weighted by atomic mass is 9.78. The zero-order chi connectivity index (χ0) is 24.1. The molecule has 0 saturated carbocycles. The number of hydrogen-bond acceptors (Lipinski definition) is 7. The van der Waals surface area contributed by atoms with Crippen LogP contribution in [0.5, 0.6) is 5.75 Å². The molecule has 4 rings (SSSR count). The minimum absolute atomic E-state index is 0.0459. The molecule has 1 aromatic carbocycles. The first kappa shape index (κ1) is 25.2. The number of hydrogen-bond donors (Lipinski definition) is 2. The molecule has 5 atom stereocenters. The largest absolute Gasteiger partial charge is 0.507 e. The molecule has 3 aliphatic rings. The molecular formula is C24H36O7P2. The summed E-state index contributed by atoms with van der Waals surface area (Å²) in [4.78, 5) is 0. The first-order valence-corrected chi connectivity index (χ1v) is 14.2. The van der Waals surface area contributed by atoms with Gasteiger partial charge in [0.15, 0.2) is 16.3 Å². The van der Waals surface area contributed by atoms with E-state index in [4.69, 9.17) is 23.3 Å². The second-order valence-electron chi connectivity index (χ2n) is 10.8. The molecule has 0 bridgehead atoms. The maximum Gasteiger partial charge on any atom is 0.285 e. The average molecular weight is 498 g/mol. The molecule has 2 N–H and O–H groups in total. The zero-order valence-corrected chi connectivity index (χ0v) is 22.3. The van der Waals surface area contributed by atoms with Gasteiger partial charge in [-0.05, 0) is 35.4 Å². The van der Waals surface area contributed by atoms with Crippen molar-refractivity contribution in [3.63, 3.8) is 0 Å². The quantitative estimate of drug-likeness (QED) is 0.263. The van der Waals surface area contributed by atoms with Crippen LogP contribution in [-0.4, -0.2) is 53.4 Å². The van der Waals surface area contributed by atoms with Gasteiger partial charge in [-0.1, -0.05) is 41.5 Å². The van der Waals surface area contributed by atoms with Crippen LogP contribution in [0.4, 0.5) is 0 Å². The van der Waals surface area contributed by atoms with E-state index in [1.807, 2.05) is 18.2 Å². The van der Waals surface area contributed by atoms with E-state index < -0.39 is 22.1 Å². The minimum atomic E-state index is -1.28. The fraction of sp³-hybridized carbons (Fsp3) is 0.667. The first-order chi connectivity index (χ1) is 15.3. The molecule has 7 nitrogen and oxygen atoms in total. The Morgan fingerprint density at radius 1 is 0.939 bits per heavy atom. The van der Waals surface area contributed by atoms with E-state index in [-0.39, 0.29) is 28.4 Å². The fourth-order valence-electron chi connectivity index (χ4n) is 3.55. The van der Waals surface area contributed by atoms with Crippen molar-refractivity contribution in [2.24, 2.45) is 0 Å². The maximum atomic E-state index is 11.1. The fourth-order valence-corrected chi connectivity index (χ4v) is 6.70. The van der Waals surface area contributed by atoms with Crippen molar-refractivity contribution in [1.82, 2.24) is 0 Å². The third-order valence-corrected chi connectivity index (χ3v) is 9.71. The highest BCUT2D eigenvalue weighted by Gasteiger charge is 2.48. The first-order valence-electron chi connectivity index (χ1n) is 11.4. The van der Waals surface area contributed by atoms with Gasteiger partial charge in [0.25, 0.3) is 5.95 Å². The second-order valence-corrected chi connectivity index (χ2v) is 15.1. The molecule has 33 heavy (non-hydrogen) atoms. The Hall–Kier alpha value is -0.940. The van der Waals surface area contributed by atoms with Gasteiger partial charge in [-0.2, -0.15) is 0 Å². The molecule has 1 aromatic rings. The van der Waals surface area contributed by atoms with Crippen molar-refractivity contribution in [2.45, 2.75) is 82.7 Å². The van der Waals surface area contributed by atoms with Crippen LogP contribution < -0.4 is 0 Å². The summed E-state index contributed by atoms with van der Waals surface area (Å²) in [5.41, 5.74) is 2.10. The van der Waals surface area contributed by atoms with Crippen molar-refractivity contribution in [3.05, 3.63) is 34.8 Å². The number of aromatic hydroxyl groups is 1. The molecule has 3 aliphatic heterocycles. The summed E-state index contributed by atoms with van der Waals surface area (Å²) >= 11 is 0. The standard InChI is InChI=1S/C24H36O7P2/c1-14(25)32(19-11-27-19)30-18(31-33(20-12-28-20)21-13-29-21)10-15-8-16(23(2,3)4)22(26)17(9-15)24(5,6)7/h8-10,14,19-21,25-26H,11-13H2,1-7H3/b18-10-. The van der Waals surface area contributed by atoms with Crippen LogP contribution in [-0.2, 0) is 34.1 Å². The zero-order valence-electron chi connectivity index (χ0n) is 20.5. The average Bonchev–Trinajstić information content (AvgIpc) is 3.52. The van der Waals surface area contributed by atoms with Gasteiger partial charge in [0.2, 0.25) is 0 Å². The molecule has 3 heterocycles. The van der Waals surface area contributed by atoms with Crippen LogP contribution in [0.1, 0.15) is 65.2 Å². The van der Waals surface area contributed by atoms with Gasteiger partial charge in [0.05, 0.1) is 19.8 Å². The van der Waals surface area contributed by atoms with E-state index in [0.29, 0.717) is 31.5 Å². The Morgan fingerprint density at radius 2 is 1.39 bits per heavy atom. The summed E-state index contributed by atoms with van der Waals surface area (Å²) in [6.45, 7) is 16.1. The number of aliphatic hydroxyl groups excluding tert-OH is 1. The van der Waals surface area contributed by atoms with Crippen LogP contribution in [0.25, 0.3) is 6.08 Å². The number of phenolic OH excluding ortho intramolecular Hbond substituents is 1. The van der Waals surface area contributed by atoms with Crippen molar-refractivity contribution in [1.29, 1.82) is 0 Å². The highest BCUT2D eigenvalue weighted by molar-refractivity contribution is 7.55. The lowest BCUT2D eigenvalue weighted by Crippen LogP contribution is -2.17. The molecule has 5 unspecified atom stereocenters. The molecule has 0 aromatic heterocycles. The van der Waals surface area contributed by atoms with E-state index in [1.165, 1.54) is 0 Å². The highest BCUT2D eigenvalue weighted by Crippen LogP contribution is 2.61. The van der Waals surface area contributed by atoms with Gasteiger partial charge in [-0.3, -0.25) is 0 Å². The van der Waals surface area contributed by atoms with Gasteiger partial charge in [0, 0.05) is 17.2 Å². The molecular weight excluding hydrogens is 462 g/mol. The minimum Gasteiger partial charge on any atom is -0.507 e. The normalized spacial score (nSPS) is 27.5. The van der Waals surface area contributed by atoms with E-state index in [0.717, 1.165) is 16.7 Å². The van der Waals surface area contributed by atoms with Crippen LogP contribution in [0.15, 0.2) is 18.1 Å². The topological polar surface area (TPSA) is 96.5 Å². The van der Waals surface area contributed by atoms with Gasteiger partial charge in [0.1, 0.15) is 29.1 Å². The molecule has 3 saturated heterocycles. The summed E-state index contributed by atoms with van der Waals surface area (Å²) in [5.74, 6) is 0.0140. The van der Waals surface area contributed by atoms with Crippen molar-refractivity contribution >= 4 is 22.4 Å². The van der Waals surface area contributed by atoms with Gasteiger partial charge < -0.3 is 33.5 Å². The summed E-state index contributed by atoms with van der Waals surface area (Å²) in [6, 6.07) is 3.97. The second kappa shape index (κ2) is 9.26. The van der Waals surface area contributed by atoms with Crippen molar-refractivity contribution in [3.8, 4) is 5.75 Å². The van der Waals surface area contributed by atoms with Gasteiger partial charge in [-0.25, -0.2) is 0 Å². The molecule has 0 amide bonds. The number of ether oxygens (including phenoxy) is 3. The molecule has 0 radical (unpaired) electrons. The lowest BCUT2D eigenvalue weighted by Gasteiger charge is -2.28. The van der Waals surface area contributed by atoms with E-state index in [1.54, 1.807) is 6.92 Å². The Morgan fingerprint density at radius 3 is 1.76 bits per heavy atom. The molecule has 3 fully saturated rings. The number of benzene rings is 1. The predicted molar refractivity (Wildman–Crippen MR) is 130 cm³/mol. The van der Waals surface area contributed by atoms with Crippen molar-refractivity contribution < 1.29 is 33.5 Å². The third-order valence-electron chi connectivity index (χ3n) is 5.59. The molecule has 184 valence electrons. The molecule has 9 heteroatoms. The molecule has 0 spiro atoms. The lowest BCUT2D eigenvalue weighted by molar-refractivity contribution is 0.217. The van der Waals surface area contributed by atoms with Crippen LogP contribution in [0.3, 0.4) is 0 Å². The van der Waals surface area contributed by atoms with Crippen LogP contribution in [0.2, 0.25) is 0 Å². The number of rotatable bonds is 9. The number of aliphatic hydroxyl groups is 1. The third kappa shape index (κ3) is 6.39. The Balaban J connectivity index is 1.73. The summed E-state index contributed by atoms with van der Waals surface area (Å²) in [5, 5.41) is 21.4. The predicted octanol–water partition coefficient (Wildman–Crippen LogP) is 5.52. The van der Waals surface area contributed by atoms with E-state index >= 15 is 0 Å². The van der Waals surface area contributed by atoms with E-state index in [9.17, 15) is 10.2 Å². The monoisotopic (exact) mass is 498 g/mol. The Kier molecular flexibility index (Phi) is 7.06. The number of phenols is 1. The maximum absolute atomic E-state index is 11.1. The highest BCUT2D eigenvalue weighted by atomic mass is 31.1. The number of epoxide rings is 3. The summed E-state index contributed by atoms with van der Waals surface area (Å²) < 4.78 is 29.1. The smallest absolute Gasteiger partial charge is 0.285 e. The van der Waals surface area contributed by atoms with Gasteiger partial charge >= 0.3 is 0 Å². The SMILES string of the molecule is CC(O)P(O/C(=C/c1cc(C(C)(C)C)c(O)c(C(C)(C)C)c1)OP(C1CO1)C1CO1)C1CO1. The Labute approximate surface area is 199 Å². The van der Waals surface area contributed by atoms with Crippen LogP contribution >= 0.6 is 16.3 Å². The van der Waals surface area contributed by atoms with Crippen LogP contribution in [0, 0.1) is 0 Å². The molecule has 0 aliphatic carbocycles.